The molecular weight excluding hydrogens is 444 g/mol. The standard InChI is InChI=1S/C21H21ClN2O4S2/c1-16-12-20(23-29(25,26)14-17-8-4-2-5-9-17)21(13-19(16)22)24-30(27,28)15-18-10-6-3-7-11-18/h2-13,23-24H,14-15H2,1H3. The van der Waals surface area contributed by atoms with Gasteiger partial charge >= 0.3 is 0 Å². The zero-order valence-corrected chi connectivity index (χ0v) is 18.6. The van der Waals surface area contributed by atoms with Crippen LogP contribution in [0.1, 0.15) is 16.7 Å². The van der Waals surface area contributed by atoms with E-state index in [1.165, 1.54) is 12.1 Å². The lowest BCUT2D eigenvalue weighted by atomic mass is 10.2. The lowest BCUT2D eigenvalue weighted by Gasteiger charge is -2.16. The first-order valence-electron chi connectivity index (χ1n) is 9.02. The molecule has 0 spiro atoms. The average molecular weight is 465 g/mol. The summed E-state index contributed by atoms with van der Waals surface area (Å²) in [6, 6.07) is 20.3. The molecule has 0 aromatic heterocycles. The second-order valence-corrected chi connectivity index (χ2v) is 10.7. The molecule has 6 nitrogen and oxygen atoms in total. The van der Waals surface area contributed by atoms with Gasteiger partial charge in [-0.1, -0.05) is 72.3 Å². The van der Waals surface area contributed by atoms with Crippen LogP contribution in [0.2, 0.25) is 5.02 Å². The summed E-state index contributed by atoms with van der Waals surface area (Å²) < 4.78 is 55.5. The van der Waals surface area contributed by atoms with Crippen LogP contribution in [0.5, 0.6) is 0 Å². The van der Waals surface area contributed by atoms with Crippen molar-refractivity contribution in [2.24, 2.45) is 0 Å². The second kappa shape index (κ2) is 9.07. The van der Waals surface area contributed by atoms with E-state index in [4.69, 9.17) is 11.6 Å². The Bertz CT molecular complexity index is 1130. The molecule has 0 saturated heterocycles. The first kappa shape index (κ1) is 22.1. The molecule has 0 amide bonds. The van der Waals surface area contributed by atoms with E-state index in [2.05, 4.69) is 9.44 Å². The summed E-state index contributed by atoms with van der Waals surface area (Å²) in [6.45, 7) is 1.71. The zero-order valence-electron chi connectivity index (χ0n) is 16.2. The van der Waals surface area contributed by atoms with Gasteiger partial charge in [-0.15, -0.1) is 0 Å². The summed E-state index contributed by atoms with van der Waals surface area (Å²) in [5.41, 5.74) is 2.01. The number of nitrogens with one attached hydrogen (secondary N) is 2. The monoisotopic (exact) mass is 464 g/mol. The lowest BCUT2D eigenvalue weighted by molar-refractivity contribution is 0.598. The summed E-state index contributed by atoms with van der Waals surface area (Å²) in [6.07, 6.45) is 0. The summed E-state index contributed by atoms with van der Waals surface area (Å²) in [5, 5.41) is 0.318. The molecule has 158 valence electrons. The molecule has 3 aromatic rings. The number of hydrogen-bond donors (Lipinski definition) is 2. The fraction of sp³-hybridized carbons (Fsp3) is 0.143. The highest BCUT2D eigenvalue weighted by molar-refractivity contribution is 7.92. The van der Waals surface area contributed by atoms with Gasteiger partial charge in [0.2, 0.25) is 20.0 Å². The molecule has 0 aliphatic rings. The van der Waals surface area contributed by atoms with Crippen molar-refractivity contribution in [2.45, 2.75) is 18.4 Å². The van der Waals surface area contributed by atoms with Crippen LogP contribution in [0, 0.1) is 6.92 Å². The molecule has 3 rings (SSSR count). The average Bonchev–Trinajstić information content (AvgIpc) is 2.66. The van der Waals surface area contributed by atoms with E-state index in [1.807, 2.05) is 0 Å². The van der Waals surface area contributed by atoms with E-state index in [-0.39, 0.29) is 22.9 Å². The number of anilines is 2. The smallest absolute Gasteiger partial charge is 0.236 e. The number of hydrogen-bond acceptors (Lipinski definition) is 4. The van der Waals surface area contributed by atoms with Gasteiger partial charge in [-0.25, -0.2) is 16.8 Å². The maximum Gasteiger partial charge on any atom is 0.236 e. The Morgan fingerprint density at radius 2 is 1.10 bits per heavy atom. The molecule has 9 heteroatoms. The fourth-order valence-corrected chi connectivity index (χ4v) is 5.42. The van der Waals surface area contributed by atoms with Gasteiger partial charge in [0.25, 0.3) is 0 Å². The number of aryl methyl sites for hydroxylation is 1. The van der Waals surface area contributed by atoms with Gasteiger partial charge in [0, 0.05) is 5.02 Å². The largest absolute Gasteiger partial charge is 0.281 e. The van der Waals surface area contributed by atoms with Gasteiger partial charge in [0.1, 0.15) is 0 Å². The van der Waals surface area contributed by atoms with E-state index in [1.54, 1.807) is 67.6 Å². The topological polar surface area (TPSA) is 92.3 Å². The van der Waals surface area contributed by atoms with Crippen molar-refractivity contribution >= 4 is 43.0 Å². The SMILES string of the molecule is Cc1cc(NS(=O)(=O)Cc2ccccc2)c(NS(=O)(=O)Cc2ccccc2)cc1Cl. The molecule has 3 aromatic carbocycles. The van der Waals surface area contributed by atoms with Crippen molar-refractivity contribution < 1.29 is 16.8 Å². The third-order valence-corrected chi connectivity index (χ3v) is 7.12. The van der Waals surface area contributed by atoms with Crippen LogP contribution in [-0.4, -0.2) is 16.8 Å². The van der Waals surface area contributed by atoms with Crippen LogP contribution in [0.15, 0.2) is 72.8 Å². The Kier molecular flexibility index (Phi) is 6.70. The number of halogens is 1. The van der Waals surface area contributed by atoms with Gasteiger partial charge < -0.3 is 0 Å². The molecule has 0 aliphatic heterocycles. The van der Waals surface area contributed by atoms with Crippen molar-refractivity contribution in [3.05, 3.63) is 94.5 Å². The molecule has 0 atom stereocenters. The minimum atomic E-state index is -3.80. The predicted molar refractivity (Wildman–Crippen MR) is 122 cm³/mol. The fourth-order valence-electron chi connectivity index (χ4n) is 2.84. The van der Waals surface area contributed by atoms with Gasteiger partial charge in [-0.05, 0) is 35.7 Å². The van der Waals surface area contributed by atoms with Gasteiger partial charge in [0.15, 0.2) is 0 Å². The molecule has 0 radical (unpaired) electrons. The van der Waals surface area contributed by atoms with Crippen LogP contribution in [0.4, 0.5) is 11.4 Å². The van der Waals surface area contributed by atoms with Crippen LogP contribution in [-0.2, 0) is 31.6 Å². The van der Waals surface area contributed by atoms with Crippen molar-refractivity contribution in [1.29, 1.82) is 0 Å². The van der Waals surface area contributed by atoms with Crippen LogP contribution in [0.3, 0.4) is 0 Å². The first-order chi connectivity index (χ1) is 14.1. The third kappa shape index (κ3) is 6.22. The summed E-state index contributed by atoms with van der Waals surface area (Å²) >= 11 is 6.16. The maximum absolute atomic E-state index is 12.7. The Labute approximate surface area is 182 Å². The van der Waals surface area contributed by atoms with E-state index in [9.17, 15) is 16.8 Å². The van der Waals surface area contributed by atoms with Gasteiger partial charge in [0.05, 0.1) is 22.9 Å². The highest BCUT2D eigenvalue weighted by Crippen LogP contribution is 2.31. The van der Waals surface area contributed by atoms with E-state index in [0.717, 1.165) is 0 Å². The van der Waals surface area contributed by atoms with Crippen LogP contribution in [0.25, 0.3) is 0 Å². The third-order valence-electron chi connectivity index (χ3n) is 4.23. The molecule has 0 bridgehead atoms. The first-order valence-corrected chi connectivity index (χ1v) is 12.7. The van der Waals surface area contributed by atoms with Crippen LogP contribution < -0.4 is 9.44 Å². The van der Waals surface area contributed by atoms with Crippen molar-refractivity contribution in [3.63, 3.8) is 0 Å². The molecule has 0 unspecified atom stereocenters. The number of rotatable bonds is 8. The van der Waals surface area contributed by atoms with Gasteiger partial charge in [-0.3, -0.25) is 9.44 Å². The Balaban J connectivity index is 1.87. The molecular formula is C21H21ClN2O4S2. The molecule has 0 fully saturated rings. The number of sulfonamides is 2. The second-order valence-electron chi connectivity index (χ2n) is 6.84. The Morgan fingerprint density at radius 1 is 0.700 bits per heavy atom. The molecule has 0 saturated carbocycles. The molecule has 0 heterocycles. The quantitative estimate of drug-likeness (QED) is 0.512. The summed E-state index contributed by atoms with van der Waals surface area (Å²) in [5.74, 6) is -0.499. The zero-order chi connectivity index (χ0) is 21.8. The van der Waals surface area contributed by atoms with Crippen molar-refractivity contribution in [1.82, 2.24) is 0 Å². The predicted octanol–water partition coefficient (Wildman–Crippen LogP) is 4.53. The van der Waals surface area contributed by atoms with E-state index >= 15 is 0 Å². The lowest BCUT2D eigenvalue weighted by Crippen LogP contribution is -2.19. The molecule has 30 heavy (non-hydrogen) atoms. The summed E-state index contributed by atoms with van der Waals surface area (Å²) in [4.78, 5) is 0. The van der Waals surface area contributed by atoms with Crippen molar-refractivity contribution in [3.8, 4) is 0 Å². The van der Waals surface area contributed by atoms with E-state index < -0.39 is 20.0 Å². The van der Waals surface area contributed by atoms with Gasteiger partial charge in [-0.2, -0.15) is 0 Å². The Hall–Kier alpha value is -2.55. The maximum atomic E-state index is 12.7. The van der Waals surface area contributed by atoms with E-state index in [0.29, 0.717) is 21.7 Å². The van der Waals surface area contributed by atoms with Crippen molar-refractivity contribution in [2.75, 3.05) is 9.44 Å². The Morgan fingerprint density at radius 3 is 1.53 bits per heavy atom. The normalized spacial score (nSPS) is 11.8. The van der Waals surface area contributed by atoms with Crippen LogP contribution >= 0.6 is 11.6 Å². The molecule has 0 aliphatic carbocycles. The number of benzene rings is 3. The summed E-state index contributed by atoms with van der Waals surface area (Å²) in [7, 11) is -7.58. The highest BCUT2D eigenvalue weighted by atomic mass is 35.5. The molecule has 2 N–H and O–H groups in total. The minimum Gasteiger partial charge on any atom is -0.281 e. The minimum absolute atomic E-state index is 0.0677. The highest BCUT2D eigenvalue weighted by Gasteiger charge is 2.19.